The Morgan fingerprint density at radius 1 is 1.10 bits per heavy atom. The zero-order valence-electron chi connectivity index (χ0n) is 17.2. The second kappa shape index (κ2) is 11.2. The van der Waals surface area contributed by atoms with Gasteiger partial charge in [-0.3, -0.25) is 9.78 Å². The Hall–Kier alpha value is -3.32. The maximum Gasteiger partial charge on any atom is 0.326 e. The first kappa shape index (κ1) is 22.4. The molecule has 7 heteroatoms. The molecule has 0 saturated carbocycles. The first-order valence-electron chi connectivity index (χ1n) is 9.97. The van der Waals surface area contributed by atoms with Crippen molar-refractivity contribution in [1.82, 2.24) is 10.3 Å². The van der Waals surface area contributed by atoms with Crippen LogP contribution in [0.3, 0.4) is 0 Å². The number of carbonyl (C=O) groups is 2. The van der Waals surface area contributed by atoms with Crippen LogP contribution in [0.5, 0.6) is 11.5 Å². The fourth-order valence-electron chi connectivity index (χ4n) is 3.02. The van der Waals surface area contributed by atoms with Crippen molar-refractivity contribution in [3.63, 3.8) is 0 Å². The lowest BCUT2D eigenvalue weighted by molar-refractivity contribution is -0.139. The Labute approximate surface area is 185 Å². The average Bonchev–Trinajstić information content (AvgIpc) is 2.79. The molecule has 0 spiro atoms. The Bertz CT molecular complexity index is 1010. The third-order valence-electron chi connectivity index (χ3n) is 4.55. The largest absolute Gasteiger partial charge is 0.480 e. The fourth-order valence-corrected chi connectivity index (χ4v) is 3.71. The van der Waals surface area contributed by atoms with Gasteiger partial charge >= 0.3 is 5.97 Å². The molecule has 1 unspecified atom stereocenters. The number of rotatable bonds is 10. The number of hydrogen-bond donors (Lipinski definition) is 2. The average molecular weight is 437 g/mol. The number of ether oxygens (including phenoxy) is 1. The summed E-state index contributed by atoms with van der Waals surface area (Å²) in [4.78, 5) is 28.7. The summed E-state index contributed by atoms with van der Waals surface area (Å²) in [7, 11) is 0. The van der Waals surface area contributed by atoms with Crippen molar-refractivity contribution in [3.8, 4) is 22.6 Å². The van der Waals surface area contributed by atoms with Crippen LogP contribution in [0.15, 0.2) is 73.1 Å². The normalized spacial score (nSPS) is 11.5. The Morgan fingerprint density at radius 2 is 1.90 bits per heavy atom. The van der Waals surface area contributed by atoms with E-state index in [-0.39, 0.29) is 0 Å². The predicted molar refractivity (Wildman–Crippen MR) is 123 cm³/mol. The van der Waals surface area contributed by atoms with Crippen molar-refractivity contribution in [2.24, 2.45) is 0 Å². The standard InChI is InChI=1S/C24H24N2O4S/c1-2-31-14-12-22(24(28)29)26-23(27)20-11-10-18(30-19-9-6-13-25-16-19)15-21(20)17-7-4-3-5-8-17/h3-11,13,15-16,22H,2,12,14H2,1H3,(H,26,27)(H,28,29). The molecule has 2 aromatic carbocycles. The first-order chi connectivity index (χ1) is 15.1. The lowest BCUT2D eigenvalue weighted by atomic mass is 9.98. The second-order valence-corrected chi connectivity index (χ2v) is 8.11. The number of aliphatic carboxylic acids is 1. The highest BCUT2D eigenvalue weighted by Crippen LogP contribution is 2.30. The fraction of sp³-hybridized carbons (Fsp3) is 0.208. The van der Waals surface area contributed by atoms with Gasteiger partial charge < -0.3 is 15.2 Å². The van der Waals surface area contributed by atoms with E-state index in [0.29, 0.717) is 34.8 Å². The van der Waals surface area contributed by atoms with Gasteiger partial charge in [-0.15, -0.1) is 0 Å². The number of amides is 1. The first-order valence-corrected chi connectivity index (χ1v) is 11.1. The Kier molecular flexibility index (Phi) is 8.06. The maximum atomic E-state index is 13.0. The Morgan fingerprint density at radius 3 is 2.58 bits per heavy atom. The molecule has 160 valence electrons. The number of nitrogens with zero attached hydrogens (tertiary/aromatic N) is 1. The molecule has 6 nitrogen and oxygen atoms in total. The van der Waals surface area contributed by atoms with E-state index < -0.39 is 17.9 Å². The number of carboxylic acid groups (broad SMARTS) is 1. The monoisotopic (exact) mass is 436 g/mol. The third-order valence-corrected chi connectivity index (χ3v) is 5.48. The summed E-state index contributed by atoms with van der Waals surface area (Å²) >= 11 is 1.64. The summed E-state index contributed by atoms with van der Waals surface area (Å²) < 4.78 is 5.87. The van der Waals surface area contributed by atoms with Gasteiger partial charge in [0.15, 0.2) is 0 Å². The topological polar surface area (TPSA) is 88.5 Å². The number of nitrogens with one attached hydrogen (secondary N) is 1. The molecule has 3 rings (SSSR count). The third kappa shape index (κ3) is 6.33. The van der Waals surface area contributed by atoms with E-state index in [1.807, 2.05) is 37.3 Å². The molecule has 1 heterocycles. The lowest BCUT2D eigenvalue weighted by Gasteiger charge is -2.17. The van der Waals surface area contributed by atoms with E-state index in [9.17, 15) is 14.7 Å². The summed E-state index contributed by atoms with van der Waals surface area (Å²) in [5, 5.41) is 12.2. The number of thioether (sulfide) groups is 1. The number of benzene rings is 2. The van der Waals surface area contributed by atoms with Crippen molar-refractivity contribution in [3.05, 3.63) is 78.6 Å². The molecule has 3 aromatic rings. The van der Waals surface area contributed by atoms with Crippen molar-refractivity contribution >= 4 is 23.6 Å². The van der Waals surface area contributed by atoms with Gasteiger partial charge in [0.25, 0.3) is 5.91 Å². The molecule has 0 saturated heterocycles. The van der Waals surface area contributed by atoms with Crippen molar-refractivity contribution in [2.45, 2.75) is 19.4 Å². The van der Waals surface area contributed by atoms with Crippen LogP contribution in [0.1, 0.15) is 23.7 Å². The van der Waals surface area contributed by atoms with E-state index >= 15 is 0 Å². The summed E-state index contributed by atoms with van der Waals surface area (Å²) in [6.45, 7) is 2.01. The minimum Gasteiger partial charge on any atom is -0.480 e. The van der Waals surface area contributed by atoms with Gasteiger partial charge in [0.2, 0.25) is 0 Å². The van der Waals surface area contributed by atoms with E-state index in [1.165, 1.54) is 0 Å². The number of aromatic nitrogens is 1. The van der Waals surface area contributed by atoms with Crippen LogP contribution in [0.25, 0.3) is 11.1 Å². The summed E-state index contributed by atoms with van der Waals surface area (Å²) in [5.74, 6) is 1.23. The van der Waals surface area contributed by atoms with Crippen LogP contribution in [0, 0.1) is 0 Å². The van der Waals surface area contributed by atoms with Gasteiger partial charge in [0.05, 0.1) is 6.20 Å². The Balaban J connectivity index is 1.89. The molecule has 2 N–H and O–H groups in total. The smallest absolute Gasteiger partial charge is 0.326 e. The van der Waals surface area contributed by atoms with Gasteiger partial charge in [0.1, 0.15) is 17.5 Å². The molecule has 0 fully saturated rings. The van der Waals surface area contributed by atoms with E-state index in [4.69, 9.17) is 4.74 Å². The molecule has 0 bridgehead atoms. The number of hydrogen-bond acceptors (Lipinski definition) is 5. The quantitative estimate of drug-likeness (QED) is 0.441. The number of carbonyl (C=O) groups excluding carboxylic acids is 1. The number of pyridine rings is 1. The molecule has 1 amide bonds. The van der Waals surface area contributed by atoms with Crippen LogP contribution < -0.4 is 10.1 Å². The summed E-state index contributed by atoms with van der Waals surface area (Å²) in [6.07, 6.45) is 3.63. The van der Waals surface area contributed by atoms with Crippen LogP contribution in [-0.2, 0) is 4.79 Å². The highest BCUT2D eigenvalue weighted by Gasteiger charge is 2.22. The minimum atomic E-state index is -1.04. The molecule has 1 atom stereocenters. The zero-order valence-corrected chi connectivity index (χ0v) is 18.0. The molecule has 31 heavy (non-hydrogen) atoms. The number of carboxylic acids is 1. The summed E-state index contributed by atoms with van der Waals surface area (Å²) in [5.41, 5.74) is 1.88. The van der Waals surface area contributed by atoms with Crippen molar-refractivity contribution < 1.29 is 19.4 Å². The van der Waals surface area contributed by atoms with Crippen LogP contribution in [0.2, 0.25) is 0 Å². The molecule has 0 aliphatic rings. The molecular formula is C24H24N2O4S. The van der Waals surface area contributed by atoms with Gasteiger partial charge in [-0.05, 0) is 59.4 Å². The van der Waals surface area contributed by atoms with Gasteiger partial charge in [-0.2, -0.15) is 11.8 Å². The van der Waals surface area contributed by atoms with Gasteiger partial charge in [-0.1, -0.05) is 37.3 Å². The SMILES string of the molecule is CCSCCC(NC(=O)c1ccc(Oc2cccnc2)cc1-c1ccccc1)C(=O)O. The molecule has 0 radical (unpaired) electrons. The molecular weight excluding hydrogens is 412 g/mol. The minimum absolute atomic E-state index is 0.364. The van der Waals surface area contributed by atoms with Crippen LogP contribution in [0.4, 0.5) is 0 Å². The van der Waals surface area contributed by atoms with Crippen LogP contribution >= 0.6 is 11.8 Å². The molecule has 1 aromatic heterocycles. The van der Waals surface area contributed by atoms with Gasteiger partial charge in [0, 0.05) is 11.8 Å². The van der Waals surface area contributed by atoms with Crippen molar-refractivity contribution in [2.75, 3.05) is 11.5 Å². The van der Waals surface area contributed by atoms with Gasteiger partial charge in [-0.25, -0.2) is 4.79 Å². The predicted octanol–water partition coefficient (Wildman–Crippen LogP) is 4.87. The van der Waals surface area contributed by atoms with E-state index in [2.05, 4.69) is 10.3 Å². The van der Waals surface area contributed by atoms with Crippen molar-refractivity contribution in [1.29, 1.82) is 0 Å². The van der Waals surface area contributed by atoms with Crippen LogP contribution in [-0.4, -0.2) is 39.5 Å². The zero-order chi connectivity index (χ0) is 22.1. The molecule has 0 aliphatic carbocycles. The highest BCUT2D eigenvalue weighted by molar-refractivity contribution is 7.99. The molecule has 0 aliphatic heterocycles. The van der Waals surface area contributed by atoms with E-state index in [1.54, 1.807) is 54.5 Å². The highest BCUT2D eigenvalue weighted by atomic mass is 32.2. The summed E-state index contributed by atoms with van der Waals surface area (Å²) in [6, 6.07) is 17.2. The lowest BCUT2D eigenvalue weighted by Crippen LogP contribution is -2.41. The second-order valence-electron chi connectivity index (χ2n) is 6.71. The maximum absolute atomic E-state index is 13.0. The van der Waals surface area contributed by atoms with E-state index in [0.717, 1.165) is 11.3 Å².